The molecule has 1 aromatic carbocycles. The summed E-state index contributed by atoms with van der Waals surface area (Å²) in [7, 11) is 0. The van der Waals surface area contributed by atoms with Crippen LogP contribution in [-0.2, 0) is 19.4 Å². The number of benzene rings is 1. The number of hydrogen-bond acceptors (Lipinski definition) is 3. The summed E-state index contributed by atoms with van der Waals surface area (Å²) in [6, 6.07) is 12.7. The van der Waals surface area contributed by atoms with Gasteiger partial charge in [-0.1, -0.05) is 44.2 Å². The molecule has 156 valence electrons. The fourth-order valence-electron chi connectivity index (χ4n) is 5.55. The molecular weight excluding hydrogens is 362 g/mol. The molecule has 4 rings (SSSR count). The maximum atomic E-state index is 13.6. The van der Waals surface area contributed by atoms with Crippen LogP contribution in [0.25, 0.3) is 0 Å². The summed E-state index contributed by atoms with van der Waals surface area (Å²) in [5, 5.41) is 15.1. The van der Waals surface area contributed by atoms with E-state index in [2.05, 4.69) is 36.0 Å². The highest BCUT2D eigenvalue weighted by Crippen LogP contribution is 2.51. The Morgan fingerprint density at radius 2 is 2.03 bits per heavy atom. The molecule has 0 unspecified atom stereocenters. The lowest BCUT2D eigenvalue weighted by Gasteiger charge is -2.36. The summed E-state index contributed by atoms with van der Waals surface area (Å²) in [4.78, 5) is 15.7. The van der Waals surface area contributed by atoms with E-state index < -0.39 is 0 Å². The fraction of sp³-hybridized carbons (Fsp3) is 0.583. The summed E-state index contributed by atoms with van der Waals surface area (Å²) in [6.07, 6.45) is 4.60. The Bertz CT molecular complexity index is 860. The van der Waals surface area contributed by atoms with Crippen LogP contribution in [0.3, 0.4) is 0 Å². The number of fused-ring (bicyclic) bond motifs is 2. The Morgan fingerprint density at radius 3 is 2.69 bits per heavy atom. The van der Waals surface area contributed by atoms with Crippen LogP contribution in [0.15, 0.2) is 36.4 Å². The van der Waals surface area contributed by atoms with E-state index in [4.69, 9.17) is 0 Å². The van der Waals surface area contributed by atoms with Crippen molar-refractivity contribution in [2.24, 2.45) is 11.3 Å². The van der Waals surface area contributed by atoms with Crippen molar-refractivity contribution >= 4 is 5.91 Å². The first-order chi connectivity index (χ1) is 14.0. The molecular formula is C24H33N3O2. The third kappa shape index (κ3) is 3.61. The molecule has 0 aliphatic carbocycles. The van der Waals surface area contributed by atoms with E-state index in [1.807, 2.05) is 35.9 Å². The normalized spacial score (nSPS) is 25.9. The van der Waals surface area contributed by atoms with Crippen molar-refractivity contribution < 1.29 is 9.90 Å². The summed E-state index contributed by atoms with van der Waals surface area (Å²) in [5.74, 6) is 0.597. The predicted molar refractivity (Wildman–Crippen MR) is 114 cm³/mol. The van der Waals surface area contributed by atoms with Crippen LogP contribution < -0.4 is 0 Å². The van der Waals surface area contributed by atoms with Crippen LogP contribution in [0.1, 0.15) is 61.8 Å². The van der Waals surface area contributed by atoms with E-state index in [-0.39, 0.29) is 30.0 Å². The van der Waals surface area contributed by atoms with Crippen molar-refractivity contribution in [3.8, 4) is 0 Å². The lowest BCUT2D eigenvalue weighted by Crippen LogP contribution is -2.44. The predicted octanol–water partition coefficient (Wildman–Crippen LogP) is 3.70. The first-order valence-corrected chi connectivity index (χ1v) is 11.0. The van der Waals surface area contributed by atoms with Crippen LogP contribution >= 0.6 is 0 Å². The first kappa shape index (κ1) is 20.1. The van der Waals surface area contributed by atoms with E-state index in [1.165, 1.54) is 5.56 Å². The highest BCUT2D eigenvalue weighted by atomic mass is 16.3. The van der Waals surface area contributed by atoms with Crippen molar-refractivity contribution in [1.29, 1.82) is 0 Å². The van der Waals surface area contributed by atoms with Crippen molar-refractivity contribution in [2.45, 2.75) is 71.5 Å². The zero-order chi connectivity index (χ0) is 20.6. The molecule has 29 heavy (non-hydrogen) atoms. The van der Waals surface area contributed by atoms with Gasteiger partial charge in [0.05, 0.1) is 12.3 Å². The number of aryl methyl sites for hydroxylation is 1. The van der Waals surface area contributed by atoms with Crippen LogP contribution in [-0.4, -0.2) is 44.4 Å². The first-order valence-electron chi connectivity index (χ1n) is 11.0. The summed E-state index contributed by atoms with van der Waals surface area (Å²) in [6.45, 7) is 7.20. The van der Waals surface area contributed by atoms with Gasteiger partial charge in [-0.2, -0.15) is 5.10 Å². The van der Waals surface area contributed by atoms with Gasteiger partial charge in [-0.25, -0.2) is 0 Å². The zero-order valence-electron chi connectivity index (χ0n) is 17.8. The lowest BCUT2D eigenvalue weighted by atomic mass is 9.70. The Labute approximate surface area is 173 Å². The van der Waals surface area contributed by atoms with Gasteiger partial charge in [0.15, 0.2) is 0 Å². The van der Waals surface area contributed by atoms with Crippen molar-refractivity contribution in [3.63, 3.8) is 0 Å². The number of hydrogen-bond donors (Lipinski definition) is 1. The van der Waals surface area contributed by atoms with Gasteiger partial charge in [0.2, 0.25) is 0 Å². The van der Waals surface area contributed by atoms with Gasteiger partial charge < -0.3 is 10.0 Å². The number of aliphatic hydroxyl groups is 1. The minimum absolute atomic E-state index is 0.0882. The molecule has 0 saturated carbocycles. The number of amides is 1. The molecule has 5 nitrogen and oxygen atoms in total. The molecule has 2 saturated heterocycles. The van der Waals surface area contributed by atoms with Gasteiger partial charge in [0, 0.05) is 24.0 Å². The zero-order valence-corrected chi connectivity index (χ0v) is 17.8. The van der Waals surface area contributed by atoms with Crippen LogP contribution in [0.2, 0.25) is 0 Å². The van der Waals surface area contributed by atoms with Crippen molar-refractivity contribution in [2.75, 3.05) is 6.61 Å². The maximum absolute atomic E-state index is 13.6. The Hall–Kier alpha value is -2.14. The third-order valence-electron chi connectivity index (χ3n) is 6.77. The molecule has 1 amide bonds. The number of aliphatic hydroxyl groups excluding tert-OH is 1. The van der Waals surface area contributed by atoms with E-state index in [9.17, 15) is 9.90 Å². The average molecular weight is 396 g/mol. The molecule has 3 atom stereocenters. The number of nitrogens with zero attached hydrogens (tertiary/aromatic N) is 3. The van der Waals surface area contributed by atoms with Gasteiger partial charge in [-0.05, 0) is 56.6 Å². The van der Waals surface area contributed by atoms with Crippen LogP contribution in [0.5, 0.6) is 0 Å². The average Bonchev–Trinajstić information content (AvgIpc) is 3.39. The number of rotatable bonds is 7. The molecule has 1 aromatic heterocycles. The Kier molecular flexibility index (Phi) is 5.52. The number of carbonyl (C=O) groups excluding carboxylic acids is 1. The molecule has 2 aromatic rings. The standard InChI is InChI=1S/C24H33N3O2/c1-4-26-21(13-19(25-26)12-17(2)3)23(29)27-20-10-11-22(27)24(15-20,16-28)14-18-8-6-5-7-9-18/h5-9,13,17,20,22,28H,4,10-12,14-16H2,1-3H3/t20-,22+,24-/m0/s1. The smallest absolute Gasteiger partial charge is 0.272 e. The van der Waals surface area contributed by atoms with E-state index in [1.54, 1.807) is 0 Å². The maximum Gasteiger partial charge on any atom is 0.272 e. The quantitative estimate of drug-likeness (QED) is 0.778. The van der Waals surface area contributed by atoms with Crippen molar-refractivity contribution in [3.05, 3.63) is 53.3 Å². The second kappa shape index (κ2) is 7.94. The minimum atomic E-state index is -0.238. The Balaban J connectivity index is 1.61. The highest BCUT2D eigenvalue weighted by Gasteiger charge is 2.57. The lowest BCUT2D eigenvalue weighted by molar-refractivity contribution is 0.0562. The van der Waals surface area contributed by atoms with E-state index >= 15 is 0 Å². The van der Waals surface area contributed by atoms with E-state index in [0.29, 0.717) is 18.2 Å². The molecule has 5 heteroatoms. The van der Waals surface area contributed by atoms with Gasteiger partial charge >= 0.3 is 0 Å². The van der Waals surface area contributed by atoms with Crippen LogP contribution in [0, 0.1) is 11.3 Å². The molecule has 3 heterocycles. The second-order valence-electron chi connectivity index (χ2n) is 9.28. The molecule has 2 aliphatic rings. The topological polar surface area (TPSA) is 58.4 Å². The second-order valence-corrected chi connectivity index (χ2v) is 9.28. The molecule has 2 fully saturated rings. The van der Waals surface area contributed by atoms with Gasteiger partial charge in [0.1, 0.15) is 5.69 Å². The highest BCUT2D eigenvalue weighted by molar-refractivity contribution is 5.93. The molecule has 0 spiro atoms. The SMILES string of the molecule is CCn1nc(CC(C)C)cc1C(=O)N1[C@H]2CC[C@@H]1[C@@](CO)(Cc1ccccc1)C2. The van der Waals surface area contributed by atoms with Gasteiger partial charge in [-0.3, -0.25) is 9.48 Å². The summed E-state index contributed by atoms with van der Waals surface area (Å²) >= 11 is 0. The summed E-state index contributed by atoms with van der Waals surface area (Å²) in [5.41, 5.74) is 2.69. The molecule has 0 radical (unpaired) electrons. The van der Waals surface area contributed by atoms with E-state index in [0.717, 1.165) is 37.8 Å². The molecule has 2 aliphatic heterocycles. The largest absolute Gasteiger partial charge is 0.396 e. The van der Waals surface area contributed by atoms with Crippen LogP contribution in [0.4, 0.5) is 0 Å². The summed E-state index contributed by atoms with van der Waals surface area (Å²) < 4.78 is 1.86. The van der Waals surface area contributed by atoms with Gasteiger partial charge in [0.25, 0.3) is 5.91 Å². The molecule has 1 N–H and O–H groups in total. The Morgan fingerprint density at radius 1 is 1.28 bits per heavy atom. The number of aromatic nitrogens is 2. The van der Waals surface area contributed by atoms with Gasteiger partial charge in [-0.15, -0.1) is 0 Å². The minimum Gasteiger partial charge on any atom is -0.396 e. The fourth-order valence-corrected chi connectivity index (χ4v) is 5.55. The molecule has 2 bridgehead atoms. The third-order valence-corrected chi connectivity index (χ3v) is 6.77. The number of carbonyl (C=O) groups is 1. The van der Waals surface area contributed by atoms with Crippen molar-refractivity contribution in [1.82, 2.24) is 14.7 Å². The monoisotopic (exact) mass is 395 g/mol.